The number of carboxylic acids is 1. The van der Waals surface area contributed by atoms with Crippen molar-refractivity contribution in [1.29, 1.82) is 0 Å². The highest BCUT2D eigenvalue weighted by molar-refractivity contribution is 5.87. The van der Waals surface area contributed by atoms with Gasteiger partial charge in [0.1, 0.15) is 0 Å². The quantitative estimate of drug-likeness (QED) is 0.446. The molecule has 0 bridgehead atoms. The van der Waals surface area contributed by atoms with Crippen LogP contribution in [-0.4, -0.2) is 42.3 Å². The average Bonchev–Trinajstić information content (AvgIpc) is 2.18. The van der Waals surface area contributed by atoms with E-state index in [2.05, 4.69) is 13.2 Å². The molecule has 0 saturated heterocycles. The third kappa shape index (κ3) is 10.5. The normalized spacial score (nSPS) is 10.8. The van der Waals surface area contributed by atoms with Gasteiger partial charge >= 0.3 is 11.9 Å². The van der Waals surface area contributed by atoms with Crippen LogP contribution in [0.15, 0.2) is 24.8 Å². The van der Waals surface area contributed by atoms with Gasteiger partial charge < -0.3 is 9.84 Å². The summed E-state index contributed by atoms with van der Waals surface area (Å²) >= 11 is 0. The lowest BCUT2D eigenvalue weighted by molar-refractivity contribution is -0.150. The van der Waals surface area contributed by atoms with Gasteiger partial charge in [0.05, 0.1) is 0 Å². The highest BCUT2D eigenvalue weighted by Crippen LogP contribution is 1.99. The maximum atomic E-state index is 10.9. The monoisotopic (exact) mass is 229 g/mol. The SMILES string of the molecule is C=C(C)C(=O)OC(C)N(C)C.C=CC(=O)O. The highest BCUT2D eigenvalue weighted by atomic mass is 16.6. The molecule has 5 heteroatoms. The minimum absolute atomic E-state index is 0.195. The second-order valence-electron chi connectivity index (χ2n) is 3.29. The first-order valence-corrected chi connectivity index (χ1v) is 4.60. The van der Waals surface area contributed by atoms with Crippen LogP contribution >= 0.6 is 0 Å². The van der Waals surface area contributed by atoms with Crippen molar-refractivity contribution in [2.24, 2.45) is 0 Å². The van der Waals surface area contributed by atoms with Crippen LogP contribution in [0, 0.1) is 0 Å². The van der Waals surface area contributed by atoms with Crippen molar-refractivity contribution in [2.45, 2.75) is 20.1 Å². The van der Waals surface area contributed by atoms with Crippen molar-refractivity contribution >= 4 is 11.9 Å². The molecule has 0 saturated carbocycles. The molecule has 5 nitrogen and oxygen atoms in total. The Morgan fingerprint density at radius 1 is 1.44 bits per heavy atom. The molecule has 0 spiro atoms. The third-order valence-electron chi connectivity index (χ3n) is 1.53. The molecule has 1 N–H and O–H groups in total. The predicted octanol–water partition coefficient (Wildman–Crippen LogP) is 1.27. The Balaban J connectivity index is 0. The Morgan fingerprint density at radius 3 is 2.00 bits per heavy atom. The standard InChI is InChI=1S/C8H15NO2.C3H4O2/c1-6(2)8(10)11-7(3)9(4)5;1-2-3(4)5/h7H,1H2,2-5H3;2H,1H2,(H,4,5). The first kappa shape index (κ1) is 16.8. The molecule has 0 aromatic carbocycles. The molecule has 16 heavy (non-hydrogen) atoms. The molecular formula is C11H19NO4. The van der Waals surface area contributed by atoms with Gasteiger partial charge in [0.2, 0.25) is 0 Å². The zero-order chi connectivity index (χ0) is 13.3. The molecule has 0 aromatic rings. The number of hydrogen-bond acceptors (Lipinski definition) is 4. The summed E-state index contributed by atoms with van der Waals surface area (Å²) in [6.07, 6.45) is 0.638. The third-order valence-corrected chi connectivity index (χ3v) is 1.53. The Hall–Kier alpha value is -1.62. The Bertz CT molecular complexity index is 271. The summed E-state index contributed by atoms with van der Waals surface area (Å²) < 4.78 is 4.96. The zero-order valence-electron chi connectivity index (χ0n) is 10.2. The molecule has 0 aromatic heterocycles. The van der Waals surface area contributed by atoms with Crippen molar-refractivity contribution < 1.29 is 19.4 Å². The summed E-state index contributed by atoms with van der Waals surface area (Å²) in [4.78, 5) is 22.0. The Labute approximate surface area is 96.0 Å². The van der Waals surface area contributed by atoms with Gasteiger partial charge in [-0.1, -0.05) is 13.2 Å². The van der Waals surface area contributed by atoms with Crippen LogP contribution < -0.4 is 0 Å². The molecule has 0 aliphatic heterocycles. The molecule has 0 fully saturated rings. The smallest absolute Gasteiger partial charge is 0.334 e. The van der Waals surface area contributed by atoms with Gasteiger partial charge in [-0.05, 0) is 27.9 Å². The van der Waals surface area contributed by atoms with Gasteiger partial charge in [-0.15, -0.1) is 0 Å². The van der Waals surface area contributed by atoms with E-state index in [-0.39, 0.29) is 12.2 Å². The van der Waals surface area contributed by atoms with E-state index in [9.17, 15) is 9.59 Å². The lowest BCUT2D eigenvalue weighted by Crippen LogP contribution is -2.30. The fourth-order valence-corrected chi connectivity index (χ4v) is 0.361. The van der Waals surface area contributed by atoms with Gasteiger partial charge in [-0.3, -0.25) is 4.90 Å². The molecule has 0 amide bonds. The summed E-state index contributed by atoms with van der Waals surface area (Å²) in [5.74, 6) is -1.32. The van der Waals surface area contributed by atoms with Gasteiger partial charge in [-0.2, -0.15) is 0 Å². The van der Waals surface area contributed by atoms with Crippen LogP contribution in [0.4, 0.5) is 0 Å². The van der Waals surface area contributed by atoms with Gasteiger partial charge in [0.15, 0.2) is 6.23 Å². The summed E-state index contributed by atoms with van der Waals surface area (Å²) in [6.45, 7) is 9.87. The minimum Gasteiger partial charge on any atom is -0.478 e. The van der Waals surface area contributed by atoms with Crippen molar-refractivity contribution in [2.75, 3.05) is 14.1 Å². The Morgan fingerprint density at radius 2 is 1.81 bits per heavy atom. The average molecular weight is 229 g/mol. The molecule has 0 rings (SSSR count). The predicted molar refractivity (Wildman–Crippen MR) is 61.9 cm³/mol. The van der Waals surface area contributed by atoms with Crippen LogP contribution in [-0.2, 0) is 14.3 Å². The summed E-state index contributed by atoms with van der Waals surface area (Å²) in [5, 5.41) is 7.60. The van der Waals surface area contributed by atoms with Crippen LogP contribution in [0.1, 0.15) is 13.8 Å². The van der Waals surface area contributed by atoms with E-state index >= 15 is 0 Å². The Kier molecular flexibility index (Phi) is 9.10. The van der Waals surface area contributed by atoms with Crippen LogP contribution in [0.2, 0.25) is 0 Å². The van der Waals surface area contributed by atoms with E-state index in [1.165, 1.54) is 0 Å². The zero-order valence-corrected chi connectivity index (χ0v) is 10.2. The number of aliphatic carboxylic acids is 1. The summed E-state index contributed by atoms with van der Waals surface area (Å²) in [5.41, 5.74) is 0.429. The number of hydrogen-bond donors (Lipinski definition) is 1. The van der Waals surface area contributed by atoms with E-state index in [4.69, 9.17) is 9.84 Å². The van der Waals surface area contributed by atoms with E-state index in [0.717, 1.165) is 6.08 Å². The maximum absolute atomic E-state index is 10.9. The van der Waals surface area contributed by atoms with Crippen molar-refractivity contribution in [3.8, 4) is 0 Å². The molecular weight excluding hydrogens is 210 g/mol. The number of ether oxygens (including phenoxy) is 1. The van der Waals surface area contributed by atoms with Crippen molar-refractivity contribution in [1.82, 2.24) is 4.90 Å². The maximum Gasteiger partial charge on any atom is 0.334 e. The van der Waals surface area contributed by atoms with Crippen LogP contribution in [0.5, 0.6) is 0 Å². The molecule has 0 aliphatic rings. The molecule has 92 valence electrons. The number of rotatable bonds is 4. The molecule has 0 heterocycles. The van der Waals surface area contributed by atoms with Crippen molar-refractivity contribution in [3.63, 3.8) is 0 Å². The fraction of sp³-hybridized carbons (Fsp3) is 0.455. The second-order valence-corrected chi connectivity index (χ2v) is 3.29. The topological polar surface area (TPSA) is 66.8 Å². The first-order valence-electron chi connectivity index (χ1n) is 4.60. The van der Waals surface area contributed by atoms with E-state index in [1.807, 2.05) is 14.1 Å². The summed E-state index contributed by atoms with van der Waals surface area (Å²) in [6, 6.07) is 0. The molecule has 1 atom stereocenters. The molecule has 0 radical (unpaired) electrons. The number of carbonyl (C=O) groups excluding carboxylic acids is 1. The summed E-state index contributed by atoms with van der Waals surface area (Å²) in [7, 11) is 3.69. The highest BCUT2D eigenvalue weighted by Gasteiger charge is 2.10. The largest absolute Gasteiger partial charge is 0.478 e. The van der Waals surface area contributed by atoms with E-state index in [0.29, 0.717) is 5.57 Å². The molecule has 0 aliphatic carbocycles. The van der Waals surface area contributed by atoms with Crippen LogP contribution in [0.25, 0.3) is 0 Å². The van der Waals surface area contributed by atoms with Gasteiger partial charge in [0.25, 0.3) is 0 Å². The minimum atomic E-state index is -0.981. The number of carbonyl (C=O) groups is 2. The lowest BCUT2D eigenvalue weighted by Gasteiger charge is -2.19. The number of esters is 1. The van der Waals surface area contributed by atoms with Crippen molar-refractivity contribution in [3.05, 3.63) is 24.8 Å². The fourth-order valence-electron chi connectivity index (χ4n) is 0.361. The van der Waals surface area contributed by atoms with Gasteiger partial charge in [0, 0.05) is 11.6 Å². The van der Waals surface area contributed by atoms with E-state index in [1.54, 1.807) is 18.7 Å². The van der Waals surface area contributed by atoms with Crippen LogP contribution in [0.3, 0.4) is 0 Å². The first-order chi connectivity index (χ1) is 7.22. The van der Waals surface area contributed by atoms with Gasteiger partial charge in [-0.25, -0.2) is 9.59 Å². The van der Waals surface area contributed by atoms with E-state index < -0.39 is 5.97 Å². The lowest BCUT2D eigenvalue weighted by atomic mass is 10.4. The second kappa shape index (κ2) is 8.67. The molecule has 1 unspecified atom stereocenters. The number of carboxylic acid groups (broad SMARTS) is 1. The number of nitrogens with zero attached hydrogens (tertiary/aromatic N) is 1.